The highest BCUT2D eigenvalue weighted by Crippen LogP contribution is 2.28. The Morgan fingerprint density at radius 3 is 2.81 bits per heavy atom. The van der Waals surface area contributed by atoms with Crippen molar-refractivity contribution in [2.24, 2.45) is 0 Å². The van der Waals surface area contributed by atoms with Crippen LogP contribution in [0.25, 0.3) is 11.0 Å². The summed E-state index contributed by atoms with van der Waals surface area (Å²) in [6.45, 7) is 0.682. The van der Waals surface area contributed by atoms with Crippen LogP contribution >= 0.6 is 0 Å². The molecule has 0 spiro atoms. The number of hydrogen-bond acceptors (Lipinski definition) is 3. The van der Waals surface area contributed by atoms with Crippen molar-refractivity contribution in [1.29, 1.82) is 0 Å². The summed E-state index contributed by atoms with van der Waals surface area (Å²) in [6.07, 6.45) is 1.65. The highest BCUT2D eigenvalue weighted by Gasteiger charge is 2.35. The third-order valence-electron chi connectivity index (χ3n) is 4.63. The standard InChI is InChI=1S/C20H17FN2O3/c21-16-7-3-1-6-15(16)19-20(25)22-9-10-23(19)18(24)11-13-12-26-17-8-4-2-5-14(13)17/h1-8,12,19H,9-11H2,(H,22,25). The summed E-state index contributed by atoms with van der Waals surface area (Å²) in [5.41, 5.74) is 1.66. The number of nitrogens with zero attached hydrogens (tertiary/aromatic N) is 1. The molecule has 3 aromatic rings. The van der Waals surface area contributed by atoms with Gasteiger partial charge in [0.1, 0.15) is 17.4 Å². The molecule has 2 aromatic carbocycles. The lowest BCUT2D eigenvalue weighted by atomic mass is 10.0. The van der Waals surface area contributed by atoms with Gasteiger partial charge in [0.2, 0.25) is 11.8 Å². The quantitative estimate of drug-likeness (QED) is 0.788. The Kier molecular flexibility index (Phi) is 4.16. The van der Waals surface area contributed by atoms with E-state index in [4.69, 9.17) is 4.42 Å². The minimum atomic E-state index is -0.962. The summed E-state index contributed by atoms with van der Waals surface area (Å²) in [6, 6.07) is 12.6. The second-order valence-electron chi connectivity index (χ2n) is 6.24. The van der Waals surface area contributed by atoms with Crippen LogP contribution in [-0.2, 0) is 16.0 Å². The second-order valence-corrected chi connectivity index (χ2v) is 6.24. The maximum Gasteiger partial charge on any atom is 0.247 e. The Morgan fingerprint density at radius 2 is 1.96 bits per heavy atom. The van der Waals surface area contributed by atoms with Crippen molar-refractivity contribution in [3.63, 3.8) is 0 Å². The first kappa shape index (κ1) is 16.3. The lowest BCUT2D eigenvalue weighted by Gasteiger charge is -2.35. The van der Waals surface area contributed by atoms with Crippen molar-refractivity contribution in [2.75, 3.05) is 13.1 Å². The molecule has 1 atom stereocenters. The lowest BCUT2D eigenvalue weighted by Crippen LogP contribution is -2.52. The fourth-order valence-corrected chi connectivity index (χ4v) is 3.38. The number of halogens is 1. The fraction of sp³-hybridized carbons (Fsp3) is 0.200. The van der Waals surface area contributed by atoms with Crippen molar-refractivity contribution >= 4 is 22.8 Å². The largest absolute Gasteiger partial charge is 0.464 e. The van der Waals surface area contributed by atoms with Gasteiger partial charge in [-0.25, -0.2) is 4.39 Å². The molecule has 2 amide bonds. The van der Waals surface area contributed by atoms with Crippen LogP contribution in [0.1, 0.15) is 17.2 Å². The zero-order valence-electron chi connectivity index (χ0n) is 13.9. The first-order chi connectivity index (χ1) is 12.6. The van der Waals surface area contributed by atoms with E-state index in [9.17, 15) is 14.0 Å². The second kappa shape index (κ2) is 6.63. The van der Waals surface area contributed by atoms with Gasteiger partial charge in [-0.2, -0.15) is 0 Å². The van der Waals surface area contributed by atoms with Crippen LogP contribution in [0.4, 0.5) is 4.39 Å². The topological polar surface area (TPSA) is 62.6 Å². The normalized spacial score (nSPS) is 17.3. The number of benzene rings is 2. The summed E-state index contributed by atoms with van der Waals surface area (Å²) < 4.78 is 19.7. The summed E-state index contributed by atoms with van der Waals surface area (Å²) >= 11 is 0. The Morgan fingerprint density at radius 1 is 1.19 bits per heavy atom. The average Bonchev–Trinajstić information content (AvgIpc) is 3.05. The van der Waals surface area contributed by atoms with Crippen LogP contribution < -0.4 is 5.32 Å². The molecule has 0 bridgehead atoms. The number of amides is 2. The molecule has 4 rings (SSSR count). The molecule has 0 aliphatic carbocycles. The van der Waals surface area contributed by atoms with E-state index in [-0.39, 0.29) is 23.8 Å². The van der Waals surface area contributed by atoms with Crippen molar-refractivity contribution in [3.8, 4) is 0 Å². The summed E-state index contributed by atoms with van der Waals surface area (Å²) in [5.74, 6) is -1.10. The zero-order valence-corrected chi connectivity index (χ0v) is 13.9. The van der Waals surface area contributed by atoms with E-state index in [1.165, 1.54) is 11.0 Å². The van der Waals surface area contributed by atoms with Crippen LogP contribution in [0.15, 0.2) is 59.2 Å². The number of furan rings is 1. The number of carbonyl (C=O) groups is 2. The Labute approximate surface area is 149 Å². The summed E-state index contributed by atoms with van der Waals surface area (Å²) in [4.78, 5) is 26.8. The minimum absolute atomic E-state index is 0.0925. The van der Waals surface area contributed by atoms with E-state index >= 15 is 0 Å². The van der Waals surface area contributed by atoms with Gasteiger partial charge in [-0.15, -0.1) is 0 Å². The molecule has 1 saturated heterocycles. The van der Waals surface area contributed by atoms with Crippen molar-refractivity contribution in [1.82, 2.24) is 10.2 Å². The maximum atomic E-state index is 14.2. The Hall–Kier alpha value is -3.15. The average molecular weight is 352 g/mol. The zero-order chi connectivity index (χ0) is 18.1. The van der Waals surface area contributed by atoms with Crippen LogP contribution in [0.5, 0.6) is 0 Å². The number of piperazine rings is 1. The van der Waals surface area contributed by atoms with Gasteiger partial charge in [0, 0.05) is 29.6 Å². The highest BCUT2D eigenvalue weighted by molar-refractivity contribution is 5.92. The first-order valence-corrected chi connectivity index (χ1v) is 8.42. The molecule has 26 heavy (non-hydrogen) atoms. The molecule has 0 radical (unpaired) electrons. The molecule has 6 heteroatoms. The van der Waals surface area contributed by atoms with Gasteiger partial charge in [-0.05, 0) is 12.1 Å². The van der Waals surface area contributed by atoms with Gasteiger partial charge in [0.25, 0.3) is 0 Å². The van der Waals surface area contributed by atoms with E-state index in [1.54, 1.807) is 24.5 Å². The SMILES string of the molecule is O=C1NCCN(C(=O)Cc2coc3ccccc23)C1c1ccccc1F. The summed E-state index contributed by atoms with van der Waals surface area (Å²) in [5, 5.41) is 3.58. The molecule has 1 aliphatic rings. The minimum Gasteiger partial charge on any atom is -0.464 e. The molecule has 1 N–H and O–H groups in total. The number of hydrogen-bond donors (Lipinski definition) is 1. The maximum absolute atomic E-state index is 14.2. The fourth-order valence-electron chi connectivity index (χ4n) is 3.38. The molecule has 1 aliphatic heterocycles. The van der Waals surface area contributed by atoms with Crippen LogP contribution in [0, 0.1) is 5.82 Å². The molecule has 2 heterocycles. The van der Waals surface area contributed by atoms with E-state index in [0.717, 1.165) is 10.9 Å². The molecule has 132 valence electrons. The monoisotopic (exact) mass is 352 g/mol. The van der Waals surface area contributed by atoms with Crippen molar-refractivity contribution < 1.29 is 18.4 Å². The molecule has 1 fully saturated rings. The third kappa shape index (κ3) is 2.83. The Balaban J connectivity index is 1.65. The smallest absolute Gasteiger partial charge is 0.247 e. The molecule has 5 nitrogen and oxygen atoms in total. The van der Waals surface area contributed by atoms with Gasteiger partial charge in [-0.3, -0.25) is 9.59 Å². The number of para-hydroxylation sites is 1. The number of rotatable bonds is 3. The van der Waals surface area contributed by atoms with Crippen molar-refractivity contribution in [3.05, 3.63) is 71.7 Å². The molecular formula is C20H17FN2O3. The number of fused-ring (bicyclic) bond motifs is 1. The van der Waals surface area contributed by atoms with Crippen molar-refractivity contribution in [2.45, 2.75) is 12.5 Å². The van der Waals surface area contributed by atoms with E-state index < -0.39 is 11.9 Å². The van der Waals surface area contributed by atoms with Gasteiger partial charge < -0.3 is 14.6 Å². The van der Waals surface area contributed by atoms with E-state index in [1.807, 2.05) is 24.3 Å². The molecular weight excluding hydrogens is 335 g/mol. The molecule has 0 saturated carbocycles. The van der Waals surface area contributed by atoms with Gasteiger partial charge >= 0.3 is 0 Å². The third-order valence-corrected chi connectivity index (χ3v) is 4.63. The molecule has 1 aromatic heterocycles. The van der Waals surface area contributed by atoms with E-state index in [2.05, 4.69) is 5.32 Å². The predicted molar refractivity (Wildman–Crippen MR) is 93.8 cm³/mol. The van der Waals surface area contributed by atoms with Crippen LogP contribution in [-0.4, -0.2) is 29.8 Å². The predicted octanol–water partition coefficient (Wildman–Crippen LogP) is 2.81. The first-order valence-electron chi connectivity index (χ1n) is 8.42. The molecule has 1 unspecified atom stereocenters. The highest BCUT2D eigenvalue weighted by atomic mass is 19.1. The summed E-state index contributed by atoms with van der Waals surface area (Å²) in [7, 11) is 0. The van der Waals surface area contributed by atoms with Crippen LogP contribution in [0.2, 0.25) is 0 Å². The van der Waals surface area contributed by atoms with Gasteiger partial charge in [0.15, 0.2) is 0 Å². The van der Waals surface area contributed by atoms with Gasteiger partial charge in [0.05, 0.1) is 12.7 Å². The number of nitrogens with one attached hydrogen (secondary N) is 1. The van der Waals surface area contributed by atoms with Crippen LogP contribution in [0.3, 0.4) is 0 Å². The number of carbonyl (C=O) groups excluding carboxylic acids is 2. The lowest BCUT2D eigenvalue weighted by molar-refractivity contribution is -0.143. The van der Waals surface area contributed by atoms with E-state index in [0.29, 0.717) is 18.7 Å². The Bertz CT molecular complexity index is 982. The van der Waals surface area contributed by atoms with Gasteiger partial charge in [-0.1, -0.05) is 36.4 Å².